The Bertz CT molecular complexity index is 639. The summed E-state index contributed by atoms with van der Waals surface area (Å²) in [6.07, 6.45) is -2.11. The summed E-state index contributed by atoms with van der Waals surface area (Å²) in [4.78, 5) is 58.8. The van der Waals surface area contributed by atoms with Crippen LogP contribution in [0.2, 0.25) is 0 Å². The van der Waals surface area contributed by atoms with Crippen molar-refractivity contribution in [3.05, 3.63) is 0 Å². The van der Waals surface area contributed by atoms with Crippen LogP contribution in [-0.2, 0) is 24.0 Å². The Kier molecular flexibility index (Phi) is 11.5. The highest BCUT2D eigenvalue weighted by Gasteiger charge is 2.31. The van der Waals surface area contributed by atoms with E-state index in [4.69, 9.17) is 10.8 Å². The molecule has 0 bridgehead atoms. The van der Waals surface area contributed by atoms with Gasteiger partial charge in [-0.3, -0.25) is 19.2 Å². The van der Waals surface area contributed by atoms with E-state index in [-0.39, 0.29) is 6.42 Å². The SMILES string of the molecule is CC(C)C(NC(=O)C(CCC(=O)O)NC(=O)C(CO)NC(=O)C(N)C(C)O)C(=O)O. The molecule has 0 aromatic rings. The number of nitrogens with two attached hydrogens (primary N) is 1. The van der Waals surface area contributed by atoms with Crippen LogP contribution < -0.4 is 21.7 Å². The molecule has 13 heteroatoms. The number of amides is 3. The van der Waals surface area contributed by atoms with Crippen molar-refractivity contribution in [2.45, 2.75) is 63.9 Å². The Morgan fingerprint density at radius 1 is 0.867 bits per heavy atom. The quantitative estimate of drug-likeness (QED) is 0.144. The number of carbonyl (C=O) groups excluding carboxylic acids is 3. The van der Waals surface area contributed by atoms with E-state index >= 15 is 0 Å². The first-order valence-electron chi connectivity index (χ1n) is 9.22. The molecule has 0 aliphatic carbocycles. The molecule has 5 unspecified atom stereocenters. The lowest BCUT2D eigenvalue weighted by atomic mass is 10.0. The van der Waals surface area contributed by atoms with Crippen LogP contribution in [0.25, 0.3) is 0 Å². The first-order valence-corrected chi connectivity index (χ1v) is 9.22. The molecule has 9 N–H and O–H groups in total. The maximum Gasteiger partial charge on any atom is 0.326 e. The van der Waals surface area contributed by atoms with Crippen molar-refractivity contribution in [1.29, 1.82) is 0 Å². The molecule has 0 aromatic heterocycles. The zero-order valence-corrected chi connectivity index (χ0v) is 17.0. The van der Waals surface area contributed by atoms with Crippen molar-refractivity contribution in [3.63, 3.8) is 0 Å². The molecule has 0 saturated heterocycles. The van der Waals surface area contributed by atoms with Gasteiger partial charge in [-0.25, -0.2) is 4.79 Å². The molecule has 0 spiro atoms. The summed E-state index contributed by atoms with van der Waals surface area (Å²) in [6.45, 7) is 3.47. The third-order valence-corrected chi connectivity index (χ3v) is 4.15. The number of hydrogen-bond acceptors (Lipinski definition) is 8. The van der Waals surface area contributed by atoms with Gasteiger partial charge in [0.15, 0.2) is 0 Å². The summed E-state index contributed by atoms with van der Waals surface area (Å²) in [5, 5.41) is 43.3. The summed E-state index contributed by atoms with van der Waals surface area (Å²) in [7, 11) is 0. The monoisotopic (exact) mass is 434 g/mol. The molecule has 3 amide bonds. The Hall–Kier alpha value is -2.77. The van der Waals surface area contributed by atoms with Crippen molar-refractivity contribution < 1.29 is 44.4 Å². The fraction of sp³-hybridized carbons (Fsp3) is 0.706. The molecule has 0 aromatic carbocycles. The average molecular weight is 434 g/mol. The molecular weight excluding hydrogens is 404 g/mol. The van der Waals surface area contributed by atoms with E-state index in [1.54, 1.807) is 13.8 Å². The fourth-order valence-corrected chi connectivity index (χ4v) is 2.26. The van der Waals surface area contributed by atoms with Crippen molar-refractivity contribution in [3.8, 4) is 0 Å². The lowest BCUT2D eigenvalue weighted by molar-refractivity contribution is -0.144. The van der Waals surface area contributed by atoms with Gasteiger partial charge in [0, 0.05) is 6.42 Å². The molecular formula is C17H30N4O9. The van der Waals surface area contributed by atoms with E-state index in [1.807, 2.05) is 0 Å². The molecule has 0 rings (SSSR count). The summed E-state index contributed by atoms with van der Waals surface area (Å²) in [6, 6.07) is -5.63. The summed E-state index contributed by atoms with van der Waals surface area (Å²) in [5.41, 5.74) is 5.44. The van der Waals surface area contributed by atoms with Gasteiger partial charge in [0.2, 0.25) is 17.7 Å². The molecule has 0 fully saturated rings. The van der Waals surface area contributed by atoms with Gasteiger partial charge in [-0.05, 0) is 19.3 Å². The first-order chi connectivity index (χ1) is 13.8. The number of rotatable bonds is 13. The smallest absolute Gasteiger partial charge is 0.326 e. The second-order valence-corrected chi connectivity index (χ2v) is 7.07. The van der Waals surface area contributed by atoms with Crippen LogP contribution in [0, 0.1) is 5.92 Å². The minimum atomic E-state index is -1.54. The van der Waals surface area contributed by atoms with Gasteiger partial charge < -0.3 is 42.1 Å². The number of carboxylic acid groups (broad SMARTS) is 2. The fourth-order valence-electron chi connectivity index (χ4n) is 2.26. The second-order valence-electron chi connectivity index (χ2n) is 7.07. The summed E-state index contributed by atoms with van der Waals surface area (Å²) in [5.74, 6) is -5.95. The highest BCUT2D eigenvalue weighted by Crippen LogP contribution is 2.05. The second kappa shape index (κ2) is 12.7. The van der Waals surface area contributed by atoms with Crippen LogP contribution in [0.15, 0.2) is 0 Å². The van der Waals surface area contributed by atoms with Crippen LogP contribution in [0.5, 0.6) is 0 Å². The Labute approximate surface area is 173 Å². The van der Waals surface area contributed by atoms with Crippen LogP contribution in [0.3, 0.4) is 0 Å². The molecule has 0 saturated carbocycles. The van der Waals surface area contributed by atoms with E-state index in [9.17, 15) is 39.3 Å². The van der Waals surface area contributed by atoms with Gasteiger partial charge in [-0.1, -0.05) is 13.8 Å². The van der Waals surface area contributed by atoms with Gasteiger partial charge in [0.25, 0.3) is 0 Å². The minimum absolute atomic E-state index is 0.364. The van der Waals surface area contributed by atoms with Crippen molar-refractivity contribution in [1.82, 2.24) is 16.0 Å². The maximum atomic E-state index is 12.5. The molecule has 0 radical (unpaired) electrons. The number of nitrogens with one attached hydrogen (secondary N) is 3. The normalized spacial score (nSPS) is 16.0. The van der Waals surface area contributed by atoms with E-state index in [0.29, 0.717) is 0 Å². The van der Waals surface area contributed by atoms with Gasteiger partial charge in [0.05, 0.1) is 12.7 Å². The maximum absolute atomic E-state index is 12.5. The average Bonchev–Trinajstić information content (AvgIpc) is 2.65. The number of hydrogen-bond donors (Lipinski definition) is 8. The van der Waals surface area contributed by atoms with E-state index < -0.39 is 78.9 Å². The van der Waals surface area contributed by atoms with Gasteiger partial charge in [-0.15, -0.1) is 0 Å². The third kappa shape index (κ3) is 9.15. The lowest BCUT2D eigenvalue weighted by Gasteiger charge is -2.25. The van der Waals surface area contributed by atoms with Crippen molar-refractivity contribution in [2.24, 2.45) is 11.7 Å². The van der Waals surface area contributed by atoms with E-state index in [1.165, 1.54) is 6.92 Å². The van der Waals surface area contributed by atoms with Crippen LogP contribution in [0.4, 0.5) is 0 Å². The van der Waals surface area contributed by atoms with E-state index in [0.717, 1.165) is 0 Å². The number of carboxylic acids is 2. The van der Waals surface area contributed by atoms with Crippen LogP contribution >= 0.6 is 0 Å². The lowest BCUT2D eigenvalue weighted by Crippen LogP contribution is -2.59. The topological polar surface area (TPSA) is 228 Å². The predicted molar refractivity (Wildman–Crippen MR) is 102 cm³/mol. The van der Waals surface area contributed by atoms with Gasteiger partial charge in [-0.2, -0.15) is 0 Å². The summed E-state index contributed by atoms with van der Waals surface area (Å²) >= 11 is 0. The number of carbonyl (C=O) groups is 5. The molecule has 0 heterocycles. The molecule has 30 heavy (non-hydrogen) atoms. The van der Waals surface area contributed by atoms with Crippen LogP contribution in [-0.4, -0.2) is 87.0 Å². The molecule has 0 aliphatic rings. The largest absolute Gasteiger partial charge is 0.481 e. The Balaban J connectivity index is 5.34. The first kappa shape index (κ1) is 27.2. The van der Waals surface area contributed by atoms with E-state index in [2.05, 4.69) is 16.0 Å². The standard InChI is InChI=1S/C17H30N4O9/c1-7(2)13(17(29)30)21-14(26)9(4-5-11(24)25)19-15(27)10(6-22)20-16(28)12(18)8(3)23/h7-10,12-13,22-23H,4-6,18H2,1-3H3,(H,19,27)(H,20,28)(H,21,26)(H,24,25)(H,29,30). The summed E-state index contributed by atoms with van der Waals surface area (Å²) < 4.78 is 0. The highest BCUT2D eigenvalue weighted by molar-refractivity contribution is 5.94. The van der Waals surface area contributed by atoms with Crippen molar-refractivity contribution in [2.75, 3.05) is 6.61 Å². The predicted octanol–water partition coefficient (Wildman–Crippen LogP) is -3.25. The van der Waals surface area contributed by atoms with Gasteiger partial charge in [0.1, 0.15) is 24.2 Å². The number of aliphatic hydroxyl groups excluding tert-OH is 2. The molecule has 13 nitrogen and oxygen atoms in total. The zero-order chi connectivity index (χ0) is 23.6. The molecule has 5 atom stereocenters. The van der Waals surface area contributed by atoms with Crippen molar-refractivity contribution >= 4 is 29.7 Å². The number of aliphatic carboxylic acids is 2. The third-order valence-electron chi connectivity index (χ3n) is 4.15. The van der Waals surface area contributed by atoms with Gasteiger partial charge >= 0.3 is 11.9 Å². The Morgan fingerprint density at radius 3 is 1.77 bits per heavy atom. The number of aliphatic hydroxyl groups is 2. The Morgan fingerprint density at radius 2 is 1.37 bits per heavy atom. The highest BCUT2D eigenvalue weighted by atomic mass is 16.4. The zero-order valence-electron chi connectivity index (χ0n) is 17.0. The minimum Gasteiger partial charge on any atom is -0.481 e. The molecule has 0 aliphatic heterocycles. The van der Waals surface area contributed by atoms with Crippen LogP contribution in [0.1, 0.15) is 33.6 Å². The molecule has 172 valence electrons.